The maximum Gasteiger partial charge on any atom is 0.326 e. The van der Waals surface area contributed by atoms with E-state index in [1.165, 1.54) is 18.5 Å². The van der Waals surface area contributed by atoms with Gasteiger partial charge in [0.25, 0.3) is 5.91 Å². The molecule has 92 valence electrons. The van der Waals surface area contributed by atoms with Crippen molar-refractivity contribution in [3.05, 3.63) is 34.2 Å². The van der Waals surface area contributed by atoms with Crippen molar-refractivity contribution < 1.29 is 14.7 Å². The number of carbonyl (C=O) groups excluding carboxylic acids is 1. The maximum atomic E-state index is 11.7. The number of hydrogen-bond donors (Lipinski definition) is 3. The highest BCUT2D eigenvalue weighted by molar-refractivity contribution is 5.96. The zero-order valence-corrected chi connectivity index (χ0v) is 9.56. The number of H-pyrrole nitrogens is 1. The van der Waals surface area contributed by atoms with Gasteiger partial charge in [0.05, 0.1) is 0 Å². The number of rotatable bonds is 4. The number of carbonyl (C=O) groups is 2. The summed E-state index contributed by atoms with van der Waals surface area (Å²) in [6, 6.07) is 0.196. The van der Waals surface area contributed by atoms with Crippen LogP contribution < -0.4 is 10.7 Å². The van der Waals surface area contributed by atoms with Crippen molar-refractivity contribution in [2.75, 3.05) is 0 Å². The van der Waals surface area contributed by atoms with E-state index in [1.54, 1.807) is 13.8 Å². The first-order chi connectivity index (χ1) is 7.93. The molecule has 17 heavy (non-hydrogen) atoms. The quantitative estimate of drug-likeness (QED) is 0.698. The minimum Gasteiger partial charge on any atom is -0.480 e. The molecule has 0 spiro atoms. The number of nitrogens with one attached hydrogen (secondary N) is 2. The molecule has 3 N–H and O–H groups in total. The smallest absolute Gasteiger partial charge is 0.326 e. The normalized spacial score (nSPS) is 12.2. The molecule has 1 heterocycles. The Morgan fingerprint density at radius 1 is 1.41 bits per heavy atom. The number of hydrogen-bond acceptors (Lipinski definition) is 3. The van der Waals surface area contributed by atoms with Crippen LogP contribution in [0.1, 0.15) is 24.2 Å². The SMILES string of the molecule is CC(C)C(NC(=O)c1c[nH]ccc1=O)C(=O)O. The second-order valence-corrected chi connectivity index (χ2v) is 3.96. The topological polar surface area (TPSA) is 99.3 Å². The molecule has 0 aromatic carbocycles. The average molecular weight is 238 g/mol. The molecule has 0 bridgehead atoms. The lowest BCUT2D eigenvalue weighted by molar-refractivity contribution is -0.140. The van der Waals surface area contributed by atoms with Crippen LogP contribution in [0.4, 0.5) is 0 Å². The third-order valence-electron chi connectivity index (χ3n) is 2.29. The molecule has 0 saturated heterocycles. The summed E-state index contributed by atoms with van der Waals surface area (Å²) in [7, 11) is 0. The van der Waals surface area contributed by atoms with E-state index in [-0.39, 0.29) is 11.5 Å². The molecule has 0 saturated carbocycles. The molecule has 6 nitrogen and oxygen atoms in total. The van der Waals surface area contributed by atoms with E-state index in [1.807, 2.05) is 0 Å². The van der Waals surface area contributed by atoms with Crippen molar-refractivity contribution >= 4 is 11.9 Å². The van der Waals surface area contributed by atoms with E-state index < -0.39 is 23.3 Å². The van der Waals surface area contributed by atoms with Gasteiger partial charge in [0.15, 0.2) is 5.43 Å². The van der Waals surface area contributed by atoms with Crippen molar-refractivity contribution in [1.29, 1.82) is 0 Å². The van der Waals surface area contributed by atoms with Gasteiger partial charge in [-0.15, -0.1) is 0 Å². The minimum absolute atomic E-state index is 0.0978. The van der Waals surface area contributed by atoms with Gasteiger partial charge in [-0.3, -0.25) is 9.59 Å². The molecule has 0 aliphatic heterocycles. The third kappa shape index (κ3) is 3.17. The molecule has 6 heteroatoms. The molecular weight excluding hydrogens is 224 g/mol. The van der Waals surface area contributed by atoms with E-state index in [2.05, 4.69) is 10.3 Å². The van der Waals surface area contributed by atoms with Gasteiger partial charge in [-0.1, -0.05) is 13.8 Å². The monoisotopic (exact) mass is 238 g/mol. The molecular formula is C11H14N2O4. The van der Waals surface area contributed by atoms with Crippen LogP contribution in [0.5, 0.6) is 0 Å². The van der Waals surface area contributed by atoms with Crippen molar-refractivity contribution in [3.8, 4) is 0 Å². The lowest BCUT2D eigenvalue weighted by Gasteiger charge is -2.17. The molecule has 1 unspecified atom stereocenters. The number of aromatic nitrogens is 1. The third-order valence-corrected chi connectivity index (χ3v) is 2.29. The van der Waals surface area contributed by atoms with Gasteiger partial charge in [-0.05, 0) is 5.92 Å². The van der Waals surface area contributed by atoms with Crippen LogP contribution in [0.15, 0.2) is 23.3 Å². The largest absolute Gasteiger partial charge is 0.480 e. The fourth-order valence-corrected chi connectivity index (χ4v) is 1.33. The van der Waals surface area contributed by atoms with Gasteiger partial charge in [-0.25, -0.2) is 4.79 Å². The Hall–Kier alpha value is -2.11. The molecule has 0 radical (unpaired) electrons. The summed E-state index contributed by atoms with van der Waals surface area (Å²) in [5, 5.41) is 11.2. The molecule has 1 atom stereocenters. The Morgan fingerprint density at radius 3 is 2.53 bits per heavy atom. The van der Waals surface area contributed by atoms with Gasteiger partial charge >= 0.3 is 5.97 Å². The summed E-state index contributed by atoms with van der Waals surface area (Å²) in [5.41, 5.74) is -0.548. The Labute approximate surface area is 97.7 Å². The van der Waals surface area contributed by atoms with Crippen LogP contribution in [0.2, 0.25) is 0 Å². The van der Waals surface area contributed by atoms with E-state index >= 15 is 0 Å². The number of carboxylic acids is 1. The van der Waals surface area contributed by atoms with Crippen LogP contribution >= 0.6 is 0 Å². The van der Waals surface area contributed by atoms with Crippen molar-refractivity contribution in [3.63, 3.8) is 0 Å². The summed E-state index contributed by atoms with van der Waals surface area (Å²) in [6.07, 6.45) is 2.65. The van der Waals surface area contributed by atoms with Gasteiger partial charge < -0.3 is 15.4 Å². The summed E-state index contributed by atoms with van der Waals surface area (Å²) in [6.45, 7) is 3.35. The predicted molar refractivity (Wildman–Crippen MR) is 60.8 cm³/mol. The van der Waals surface area contributed by atoms with Gasteiger partial charge in [-0.2, -0.15) is 0 Å². The average Bonchev–Trinajstić information content (AvgIpc) is 2.25. The first kappa shape index (κ1) is 13.0. The van der Waals surface area contributed by atoms with Gasteiger partial charge in [0, 0.05) is 18.5 Å². The first-order valence-corrected chi connectivity index (χ1v) is 5.14. The second kappa shape index (κ2) is 5.29. The number of amides is 1. The minimum atomic E-state index is -1.12. The van der Waals surface area contributed by atoms with E-state index in [9.17, 15) is 14.4 Å². The molecule has 0 fully saturated rings. The van der Waals surface area contributed by atoms with E-state index in [0.717, 1.165) is 0 Å². The number of aromatic amines is 1. The van der Waals surface area contributed by atoms with Crippen LogP contribution in [0.3, 0.4) is 0 Å². The zero-order chi connectivity index (χ0) is 13.0. The number of aliphatic carboxylic acids is 1. The van der Waals surface area contributed by atoms with Crippen LogP contribution in [-0.2, 0) is 4.79 Å². The fraction of sp³-hybridized carbons (Fsp3) is 0.364. The Bertz CT molecular complexity index is 478. The van der Waals surface area contributed by atoms with Gasteiger partial charge in [0.2, 0.25) is 0 Å². The van der Waals surface area contributed by atoms with Crippen LogP contribution in [0, 0.1) is 5.92 Å². The Kier molecular flexibility index (Phi) is 4.03. The van der Waals surface area contributed by atoms with E-state index in [0.29, 0.717) is 0 Å². The summed E-state index contributed by atoms with van der Waals surface area (Å²) in [5.74, 6) is -2.08. The van der Waals surface area contributed by atoms with Crippen LogP contribution in [-0.4, -0.2) is 28.0 Å². The number of carboxylic acid groups (broad SMARTS) is 1. The maximum absolute atomic E-state index is 11.7. The molecule has 1 amide bonds. The van der Waals surface area contributed by atoms with Crippen molar-refractivity contribution in [1.82, 2.24) is 10.3 Å². The lowest BCUT2D eigenvalue weighted by atomic mass is 10.0. The molecule has 1 aromatic heterocycles. The van der Waals surface area contributed by atoms with Crippen molar-refractivity contribution in [2.45, 2.75) is 19.9 Å². The summed E-state index contributed by atoms with van der Waals surface area (Å²) >= 11 is 0. The molecule has 1 rings (SSSR count). The molecule has 0 aliphatic carbocycles. The highest BCUT2D eigenvalue weighted by atomic mass is 16.4. The fourth-order valence-electron chi connectivity index (χ4n) is 1.33. The predicted octanol–water partition coefficient (Wildman–Crippen LogP) is 0.214. The lowest BCUT2D eigenvalue weighted by Crippen LogP contribution is -2.45. The highest BCUT2D eigenvalue weighted by Gasteiger charge is 2.24. The first-order valence-electron chi connectivity index (χ1n) is 5.14. The van der Waals surface area contributed by atoms with Gasteiger partial charge in [0.1, 0.15) is 11.6 Å². The zero-order valence-electron chi connectivity index (χ0n) is 9.56. The number of pyridine rings is 1. The molecule has 0 aliphatic rings. The summed E-state index contributed by atoms with van der Waals surface area (Å²) < 4.78 is 0. The Balaban J connectivity index is 2.89. The standard InChI is InChI=1S/C11H14N2O4/c1-6(2)9(11(16)17)13-10(15)7-5-12-4-3-8(7)14/h3-6,9H,1-2H3,(H,12,14)(H,13,15)(H,16,17). The molecule has 1 aromatic rings. The Morgan fingerprint density at radius 2 is 2.06 bits per heavy atom. The van der Waals surface area contributed by atoms with Crippen molar-refractivity contribution in [2.24, 2.45) is 5.92 Å². The highest BCUT2D eigenvalue weighted by Crippen LogP contribution is 2.02. The second-order valence-electron chi connectivity index (χ2n) is 3.96. The summed E-state index contributed by atoms with van der Waals surface area (Å²) in [4.78, 5) is 36.5. The van der Waals surface area contributed by atoms with E-state index in [4.69, 9.17) is 5.11 Å². The van der Waals surface area contributed by atoms with Crippen LogP contribution in [0.25, 0.3) is 0 Å².